The first-order valence-electron chi connectivity index (χ1n) is 8.09. The SMILES string of the molecule is CCC(Oc1ccc(Cl)cc1Cl)C(=O)NCc1c(OC)cccc1OC. The van der Waals surface area contributed by atoms with E-state index in [2.05, 4.69) is 5.32 Å². The number of carbonyl (C=O) groups excluding carboxylic acids is 1. The Labute approximate surface area is 163 Å². The Balaban J connectivity index is 2.08. The molecular formula is C19H21Cl2NO4. The van der Waals surface area contributed by atoms with Crippen LogP contribution in [0.3, 0.4) is 0 Å². The second-order valence-corrected chi connectivity index (χ2v) is 6.29. The zero-order valence-electron chi connectivity index (χ0n) is 14.8. The third-order valence-electron chi connectivity index (χ3n) is 3.80. The maximum absolute atomic E-state index is 12.5. The topological polar surface area (TPSA) is 56.8 Å². The van der Waals surface area contributed by atoms with Crippen LogP contribution < -0.4 is 19.5 Å². The molecule has 0 aliphatic heterocycles. The lowest BCUT2D eigenvalue weighted by molar-refractivity contribution is -0.128. The van der Waals surface area contributed by atoms with Crippen LogP contribution in [0.1, 0.15) is 18.9 Å². The summed E-state index contributed by atoms with van der Waals surface area (Å²) in [6, 6.07) is 10.3. The van der Waals surface area contributed by atoms with E-state index in [4.69, 9.17) is 37.4 Å². The Bertz CT molecular complexity index is 745. The molecule has 0 heterocycles. The van der Waals surface area contributed by atoms with Crippen molar-refractivity contribution < 1.29 is 19.0 Å². The quantitative estimate of drug-likeness (QED) is 0.712. The van der Waals surface area contributed by atoms with Gasteiger partial charge in [-0.2, -0.15) is 0 Å². The highest BCUT2D eigenvalue weighted by atomic mass is 35.5. The predicted octanol–water partition coefficient (Wildman–Crippen LogP) is 4.48. The van der Waals surface area contributed by atoms with E-state index in [0.29, 0.717) is 33.7 Å². The van der Waals surface area contributed by atoms with Crippen LogP contribution in [-0.4, -0.2) is 26.2 Å². The summed E-state index contributed by atoms with van der Waals surface area (Å²) in [5.74, 6) is 1.43. The molecule has 0 fully saturated rings. The Morgan fingerprint density at radius 1 is 1.08 bits per heavy atom. The maximum atomic E-state index is 12.5. The molecular weight excluding hydrogens is 377 g/mol. The number of amides is 1. The molecule has 0 radical (unpaired) electrons. The second kappa shape index (κ2) is 9.55. The van der Waals surface area contributed by atoms with Gasteiger partial charge in [0.25, 0.3) is 5.91 Å². The normalized spacial score (nSPS) is 11.6. The number of carbonyl (C=O) groups is 1. The Kier molecular flexibility index (Phi) is 7.42. The number of ether oxygens (including phenoxy) is 3. The molecule has 1 atom stereocenters. The van der Waals surface area contributed by atoms with Crippen molar-refractivity contribution in [2.75, 3.05) is 14.2 Å². The standard InChI is InChI=1S/C19H21Cl2NO4/c1-4-15(26-18-9-8-12(20)10-14(18)21)19(23)22-11-13-16(24-2)6-5-7-17(13)25-3/h5-10,15H,4,11H2,1-3H3,(H,22,23). The average Bonchev–Trinajstić information content (AvgIpc) is 2.65. The fourth-order valence-electron chi connectivity index (χ4n) is 2.44. The molecule has 26 heavy (non-hydrogen) atoms. The van der Waals surface area contributed by atoms with Gasteiger partial charge in [0.2, 0.25) is 0 Å². The zero-order chi connectivity index (χ0) is 19.1. The Morgan fingerprint density at radius 3 is 2.27 bits per heavy atom. The molecule has 0 saturated heterocycles. The first-order valence-corrected chi connectivity index (χ1v) is 8.85. The van der Waals surface area contributed by atoms with E-state index < -0.39 is 6.10 Å². The smallest absolute Gasteiger partial charge is 0.261 e. The van der Waals surface area contributed by atoms with Crippen molar-refractivity contribution in [1.29, 1.82) is 0 Å². The van der Waals surface area contributed by atoms with Gasteiger partial charge in [0.1, 0.15) is 17.2 Å². The number of nitrogens with one attached hydrogen (secondary N) is 1. The summed E-state index contributed by atoms with van der Waals surface area (Å²) in [4.78, 5) is 12.5. The largest absolute Gasteiger partial charge is 0.496 e. The maximum Gasteiger partial charge on any atom is 0.261 e. The summed E-state index contributed by atoms with van der Waals surface area (Å²) >= 11 is 12.0. The van der Waals surface area contributed by atoms with Crippen molar-refractivity contribution in [2.24, 2.45) is 0 Å². The van der Waals surface area contributed by atoms with Gasteiger partial charge in [0.05, 0.1) is 31.4 Å². The van der Waals surface area contributed by atoms with Crippen LogP contribution in [-0.2, 0) is 11.3 Å². The molecule has 7 heteroatoms. The molecule has 1 unspecified atom stereocenters. The number of halogens is 2. The van der Waals surface area contributed by atoms with Gasteiger partial charge in [0.15, 0.2) is 6.10 Å². The van der Waals surface area contributed by atoms with Gasteiger partial charge in [-0.05, 0) is 36.8 Å². The van der Waals surface area contributed by atoms with Crippen molar-refractivity contribution in [1.82, 2.24) is 5.32 Å². The van der Waals surface area contributed by atoms with Crippen LogP contribution in [0.5, 0.6) is 17.2 Å². The fraction of sp³-hybridized carbons (Fsp3) is 0.316. The number of rotatable bonds is 8. The van der Waals surface area contributed by atoms with E-state index in [1.54, 1.807) is 32.4 Å². The summed E-state index contributed by atoms with van der Waals surface area (Å²) in [6.45, 7) is 2.11. The molecule has 2 rings (SSSR count). The van der Waals surface area contributed by atoms with Gasteiger partial charge in [-0.15, -0.1) is 0 Å². The molecule has 1 amide bonds. The lowest BCUT2D eigenvalue weighted by atomic mass is 10.1. The van der Waals surface area contributed by atoms with Crippen molar-refractivity contribution in [3.8, 4) is 17.2 Å². The van der Waals surface area contributed by atoms with E-state index in [0.717, 1.165) is 5.56 Å². The predicted molar refractivity (Wildman–Crippen MR) is 103 cm³/mol. The van der Waals surface area contributed by atoms with Crippen LogP contribution in [0, 0.1) is 0 Å². The van der Waals surface area contributed by atoms with E-state index in [1.165, 1.54) is 0 Å². The van der Waals surface area contributed by atoms with Crippen LogP contribution >= 0.6 is 23.2 Å². The number of hydrogen-bond donors (Lipinski definition) is 1. The molecule has 0 spiro atoms. The minimum atomic E-state index is -0.686. The highest BCUT2D eigenvalue weighted by Gasteiger charge is 2.20. The molecule has 2 aromatic carbocycles. The van der Waals surface area contributed by atoms with E-state index in [-0.39, 0.29) is 12.5 Å². The average molecular weight is 398 g/mol. The molecule has 0 aliphatic carbocycles. The monoisotopic (exact) mass is 397 g/mol. The fourth-order valence-corrected chi connectivity index (χ4v) is 2.89. The van der Waals surface area contributed by atoms with Crippen LogP contribution in [0.2, 0.25) is 10.0 Å². The number of methoxy groups -OCH3 is 2. The molecule has 0 bridgehead atoms. The minimum Gasteiger partial charge on any atom is -0.496 e. The van der Waals surface area contributed by atoms with Crippen LogP contribution in [0.15, 0.2) is 36.4 Å². The lowest BCUT2D eigenvalue weighted by Crippen LogP contribution is -2.37. The molecule has 5 nitrogen and oxygen atoms in total. The first kappa shape index (κ1) is 20.2. The van der Waals surface area contributed by atoms with Crippen molar-refractivity contribution in [2.45, 2.75) is 26.0 Å². The lowest BCUT2D eigenvalue weighted by Gasteiger charge is -2.19. The second-order valence-electron chi connectivity index (χ2n) is 5.45. The molecule has 2 aromatic rings. The highest BCUT2D eigenvalue weighted by molar-refractivity contribution is 6.35. The Morgan fingerprint density at radius 2 is 1.73 bits per heavy atom. The minimum absolute atomic E-state index is 0.250. The molecule has 0 aliphatic rings. The molecule has 0 aromatic heterocycles. The molecule has 140 valence electrons. The molecule has 0 saturated carbocycles. The van der Waals surface area contributed by atoms with Gasteiger partial charge in [-0.3, -0.25) is 4.79 Å². The van der Waals surface area contributed by atoms with Crippen LogP contribution in [0.4, 0.5) is 0 Å². The Hall–Kier alpha value is -2.11. The third kappa shape index (κ3) is 4.96. The number of hydrogen-bond acceptors (Lipinski definition) is 4. The third-order valence-corrected chi connectivity index (χ3v) is 4.33. The first-order chi connectivity index (χ1) is 12.5. The number of benzene rings is 2. The summed E-state index contributed by atoms with van der Waals surface area (Å²) < 4.78 is 16.4. The van der Waals surface area contributed by atoms with Crippen molar-refractivity contribution in [3.05, 3.63) is 52.0 Å². The summed E-state index contributed by atoms with van der Waals surface area (Å²) in [5.41, 5.74) is 0.755. The van der Waals surface area contributed by atoms with E-state index in [9.17, 15) is 4.79 Å². The summed E-state index contributed by atoms with van der Waals surface area (Å²) in [5, 5.41) is 3.72. The summed E-state index contributed by atoms with van der Waals surface area (Å²) in [7, 11) is 3.14. The van der Waals surface area contributed by atoms with E-state index >= 15 is 0 Å². The van der Waals surface area contributed by atoms with Gasteiger partial charge in [0, 0.05) is 5.02 Å². The van der Waals surface area contributed by atoms with Gasteiger partial charge >= 0.3 is 0 Å². The van der Waals surface area contributed by atoms with Crippen molar-refractivity contribution in [3.63, 3.8) is 0 Å². The zero-order valence-corrected chi connectivity index (χ0v) is 16.4. The van der Waals surface area contributed by atoms with E-state index in [1.807, 2.05) is 25.1 Å². The summed E-state index contributed by atoms with van der Waals surface area (Å²) in [6.07, 6.45) is -0.206. The molecule has 1 N–H and O–H groups in total. The van der Waals surface area contributed by atoms with Crippen molar-refractivity contribution >= 4 is 29.1 Å². The van der Waals surface area contributed by atoms with Gasteiger partial charge < -0.3 is 19.5 Å². The van der Waals surface area contributed by atoms with Gasteiger partial charge in [-0.1, -0.05) is 36.2 Å². The van der Waals surface area contributed by atoms with Crippen LogP contribution in [0.25, 0.3) is 0 Å². The van der Waals surface area contributed by atoms with Gasteiger partial charge in [-0.25, -0.2) is 0 Å². The highest BCUT2D eigenvalue weighted by Crippen LogP contribution is 2.30.